The lowest BCUT2D eigenvalue weighted by Gasteiger charge is -2.57. The highest BCUT2D eigenvalue weighted by Crippen LogP contribution is 2.55. The highest BCUT2D eigenvalue weighted by Gasteiger charge is 2.51. The molecule has 7 rings (SSSR count). The third-order valence-corrected chi connectivity index (χ3v) is 7.47. The van der Waals surface area contributed by atoms with E-state index in [1.54, 1.807) is 0 Å². The standard InChI is InChI=1S/C21H27N5O/c1-13-4-19-22-11-17-12-25(3-2-18(17)26(19)24-13)20(27)23-21-8-14-5-15(9-21)7-16(6-14)10-21/h4,11,14-16H,2-3,5-10,12H2,1H3,(H,23,27). The van der Waals surface area contributed by atoms with Gasteiger partial charge in [-0.1, -0.05) is 0 Å². The molecular formula is C21H27N5O. The number of nitrogens with one attached hydrogen (secondary N) is 1. The van der Waals surface area contributed by atoms with Crippen LogP contribution in [-0.4, -0.2) is 37.6 Å². The molecule has 4 bridgehead atoms. The van der Waals surface area contributed by atoms with Crippen LogP contribution in [0.3, 0.4) is 0 Å². The molecule has 4 fully saturated rings. The fraction of sp³-hybridized carbons (Fsp3) is 0.667. The molecule has 0 unspecified atom stereocenters. The van der Waals surface area contributed by atoms with Gasteiger partial charge in [0.05, 0.1) is 17.9 Å². The largest absolute Gasteiger partial charge is 0.333 e. The van der Waals surface area contributed by atoms with Gasteiger partial charge in [0.1, 0.15) is 0 Å². The van der Waals surface area contributed by atoms with Crippen molar-refractivity contribution in [2.45, 2.75) is 64.0 Å². The summed E-state index contributed by atoms with van der Waals surface area (Å²) in [6.07, 6.45) is 10.6. The van der Waals surface area contributed by atoms with Crippen LogP contribution in [0.25, 0.3) is 5.65 Å². The van der Waals surface area contributed by atoms with E-state index in [1.165, 1.54) is 44.2 Å². The molecule has 0 atom stereocenters. The van der Waals surface area contributed by atoms with Crippen molar-refractivity contribution in [2.24, 2.45) is 17.8 Å². The van der Waals surface area contributed by atoms with Gasteiger partial charge in [0.15, 0.2) is 5.65 Å². The van der Waals surface area contributed by atoms with Crippen molar-refractivity contribution in [2.75, 3.05) is 6.54 Å². The van der Waals surface area contributed by atoms with Gasteiger partial charge >= 0.3 is 6.03 Å². The molecule has 4 aliphatic carbocycles. The van der Waals surface area contributed by atoms with Crippen molar-refractivity contribution in [1.29, 1.82) is 0 Å². The van der Waals surface area contributed by atoms with Crippen LogP contribution in [0.4, 0.5) is 4.79 Å². The Hall–Kier alpha value is -2.11. The fourth-order valence-corrected chi connectivity index (χ4v) is 6.80. The normalized spacial score (nSPS) is 34.1. The van der Waals surface area contributed by atoms with E-state index in [-0.39, 0.29) is 11.6 Å². The van der Waals surface area contributed by atoms with Crippen LogP contribution in [0.5, 0.6) is 0 Å². The van der Waals surface area contributed by atoms with Crippen LogP contribution in [0, 0.1) is 24.7 Å². The molecule has 1 aliphatic heterocycles. The Morgan fingerprint density at radius 3 is 2.59 bits per heavy atom. The number of rotatable bonds is 1. The number of fused-ring (bicyclic) bond motifs is 3. The molecule has 6 heteroatoms. The molecule has 3 heterocycles. The third-order valence-electron chi connectivity index (χ3n) is 7.47. The highest BCUT2D eigenvalue weighted by atomic mass is 16.2. The van der Waals surface area contributed by atoms with Gasteiger partial charge in [0.2, 0.25) is 0 Å². The lowest BCUT2D eigenvalue weighted by molar-refractivity contribution is -0.0159. The van der Waals surface area contributed by atoms with Gasteiger partial charge in [-0.15, -0.1) is 0 Å². The molecule has 2 aromatic heterocycles. The summed E-state index contributed by atoms with van der Waals surface area (Å²) < 4.78 is 1.96. The van der Waals surface area contributed by atoms with Gasteiger partial charge in [-0.05, 0) is 63.2 Å². The summed E-state index contributed by atoms with van der Waals surface area (Å²) in [4.78, 5) is 19.6. The first kappa shape index (κ1) is 15.9. The predicted molar refractivity (Wildman–Crippen MR) is 101 cm³/mol. The van der Waals surface area contributed by atoms with E-state index >= 15 is 0 Å². The number of aryl methyl sites for hydroxylation is 1. The van der Waals surface area contributed by atoms with Gasteiger partial charge in [0.25, 0.3) is 0 Å². The minimum Gasteiger partial charge on any atom is -0.333 e. The van der Waals surface area contributed by atoms with E-state index in [9.17, 15) is 4.79 Å². The summed E-state index contributed by atoms with van der Waals surface area (Å²) in [5, 5.41) is 8.09. The number of carbonyl (C=O) groups is 1. The van der Waals surface area contributed by atoms with Crippen molar-refractivity contribution in [3.8, 4) is 0 Å². The first-order chi connectivity index (χ1) is 13.1. The number of aromatic nitrogens is 3. The van der Waals surface area contributed by atoms with Crippen LogP contribution in [-0.2, 0) is 13.0 Å². The minimum atomic E-state index is 0.0768. The summed E-state index contributed by atoms with van der Waals surface area (Å²) >= 11 is 0. The van der Waals surface area contributed by atoms with Crippen molar-refractivity contribution in [3.63, 3.8) is 0 Å². The summed E-state index contributed by atoms with van der Waals surface area (Å²) in [5.41, 5.74) is 4.29. The second kappa shape index (κ2) is 5.46. The molecule has 4 saturated carbocycles. The van der Waals surface area contributed by atoms with Crippen molar-refractivity contribution in [3.05, 3.63) is 29.2 Å². The van der Waals surface area contributed by atoms with Gasteiger partial charge in [0, 0.05) is 36.3 Å². The highest BCUT2D eigenvalue weighted by molar-refractivity contribution is 5.75. The first-order valence-electron chi connectivity index (χ1n) is 10.5. The lowest BCUT2D eigenvalue weighted by Crippen LogP contribution is -2.62. The smallest absolute Gasteiger partial charge is 0.318 e. The predicted octanol–water partition coefficient (Wildman–Crippen LogP) is 3.07. The number of urea groups is 1. The van der Waals surface area contributed by atoms with Gasteiger partial charge in [-0.3, -0.25) is 0 Å². The van der Waals surface area contributed by atoms with E-state index in [4.69, 9.17) is 0 Å². The van der Waals surface area contributed by atoms with Crippen molar-refractivity contribution >= 4 is 11.7 Å². The maximum Gasteiger partial charge on any atom is 0.318 e. The Bertz CT molecular complexity index is 897. The number of amides is 2. The maximum atomic E-state index is 13.1. The van der Waals surface area contributed by atoms with E-state index in [1.807, 2.05) is 28.6 Å². The molecule has 2 aromatic rings. The Morgan fingerprint density at radius 2 is 1.89 bits per heavy atom. The molecule has 2 amide bonds. The molecular weight excluding hydrogens is 338 g/mol. The topological polar surface area (TPSA) is 62.5 Å². The zero-order valence-electron chi connectivity index (χ0n) is 15.9. The Balaban J connectivity index is 1.22. The quantitative estimate of drug-likeness (QED) is 0.845. The molecule has 0 saturated heterocycles. The molecule has 1 N–H and O–H groups in total. The molecule has 27 heavy (non-hydrogen) atoms. The lowest BCUT2D eigenvalue weighted by atomic mass is 9.53. The summed E-state index contributed by atoms with van der Waals surface area (Å²) in [6.45, 7) is 3.38. The Kier molecular flexibility index (Phi) is 3.21. The average molecular weight is 365 g/mol. The Morgan fingerprint density at radius 1 is 1.19 bits per heavy atom. The third kappa shape index (κ3) is 2.48. The first-order valence-corrected chi connectivity index (χ1v) is 10.5. The summed E-state index contributed by atoms with van der Waals surface area (Å²) in [7, 11) is 0. The minimum absolute atomic E-state index is 0.0768. The van der Waals surface area contributed by atoms with Crippen molar-refractivity contribution in [1.82, 2.24) is 24.8 Å². The molecule has 6 nitrogen and oxygen atoms in total. The number of hydrogen-bond donors (Lipinski definition) is 1. The van der Waals surface area contributed by atoms with E-state index < -0.39 is 0 Å². The second-order valence-corrected chi connectivity index (χ2v) is 9.59. The number of hydrogen-bond acceptors (Lipinski definition) is 3. The van der Waals surface area contributed by atoms with Crippen molar-refractivity contribution < 1.29 is 4.79 Å². The summed E-state index contributed by atoms with van der Waals surface area (Å²) in [6, 6.07) is 2.13. The van der Waals surface area contributed by atoms with E-state index in [0.29, 0.717) is 6.54 Å². The zero-order valence-corrected chi connectivity index (χ0v) is 15.9. The Labute approximate surface area is 159 Å². The van der Waals surface area contributed by atoms with E-state index in [0.717, 1.165) is 47.6 Å². The fourth-order valence-electron chi connectivity index (χ4n) is 6.80. The molecule has 142 valence electrons. The maximum absolute atomic E-state index is 13.1. The number of carbonyl (C=O) groups excluding carboxylic acids is 1. The van der Waals surface area contributed by atoms with Crippen LogP contribution in [0.1, 0.15) is 55.5 Å². The molecule has 0 radical (unpaired) electrons. The van der Waals surface area contributed by atoms with Crippen LogP contribution < -0.4 is 5.32 Å². The average Bonchev–Trinajstić information content (AvgIpc) is 3.00. The SMILES string of the molecule is Cc1cc2ncc3c(n2n1)CCN(C(=O)NC12CC4CC(CC(C4)C1)C2)C3. The van der Waals surface area contributed by atoms with Crippen LogP contribution in [0.15, 0.2) is 12.3 Å². The second-order valence-electron chi connectivity index (χ2n) is 9.59. The molecule has 5 aliphatic rings. The summed E-state index contributed by atoms with van der Waals surface area (Å²) in [5.74, 6) is 2.54. The zero-order chi connectivity index (χ0) is 18.2. The van der Waals surface area contributed by atoms with Crippen LogP contribution >= 0.6 is 0 Å². The van der Waals surface area contributed by atoms with Gasteiger partial charge in [-0.25, -0.2) is 14.3 Å². The number of nitrogens with zero attached hydrogens (tertiary/aromatic N) is 4. The monoisotopic (exact) mass is 365 g/mol. The van der Waals surface area contributed by atoms with Crippen LogP contribution in [0.2, 0.25) is 0 Å². The molecule has 0 spiro atoms. The van der Waals surface area contributed by atoms with Gasteiger partial charge in [-0.2, -0.15) is 5.10 Å². The van der Waals surface area contributed by atoms with Gasteiger partial charge < -0.3 is 10.2 Å². The van der Waals surface area contributed by atoms with E-state index in [2.05, 4.69) is 15.4 Å². The molecule has 0 aromatic carbocycles.